The number of anilines is 1. The second-order valence-corrected chi connectivity index (χ2v) is 8.02. The highest BCUT2D eigenvalue weighted by Gasteiger charge is 2.37. The third-order valence-corrected chi connectivity index (χ3v) is 5.26. The van der Waals surface area contributed by atoms with Crippen LogP contribution in [0.2, 0.25) is 0 Å². The zero-order chi connectivity index (χ0) is 26.3. The van der Waals surface area contributed by atoms with Crippen LogP contribution in [0.5, 0.6) is 0 Å². The Morgan fingerprint density at radius 3 is 2.56 bits per heavy atom. The van der Waals surface area contributed by atoms with E-state index < -0.39 is 30.1 Å². The van der Waals surface area contributed by atoms with Gasteiger partial charge in [0.25, 0.3) is 5.91 Å². The fourth-order valence-corrected chi connectivity index (χ4v) is 3.18. The number of amides is 2. The van der Waals surface area contributed by atoms with Gasteiger partial charge in [-0.2, -0.15) is 18.3 Å². The summed E-state index contributed by atoms with van der Waals surface area (Å²) in [5.74, 6) is -2.47. The lowest BCUT2D eigenvalue weighted by atomic mass is 10.0. The van der Waals surface area contributed by atoms with Crippen LogP contribution in [0.3, 0.4) is 0 Å². The monoisotopic (exact) mass is 508 g/mol. The first-order valence-electron chi connectivity index (χ1n) is 11.0. The molecule has 36 heavy (non-hydrogen) atoms. The molecule has 3 rings (SSSR count). The summed E-state index contributed by atoms with van der Waals surface area (Å²) in [4.78, 5) is 27.7. The standard InChI is InChI=1S/C22H24F4N8O2/c1-13(22(24,25)26)14-7-8-28-17(9-14)10-20(35)29-19-6-5-16(30-32-19)4-3-15(23)11-34-12-18(31-33-34)21(36)27-2/h5-9,12-13,15H,3-4,10-11H2,1-2H3,(H,27,36)(H,29,32,35)/t13?,15-/m1/s1. The molecule has 192 valence electrons. The summed E-state index contributed by atoms with van der Waals surface area (Å²) in [6.45, 7) is 0.960. The maximum Gasteiger partial charge on any atom is 0.395 e. The Hall–Kier alpha value is -3.97. The van der Waals surface area contributed by atoms with Crippen molar-refractivity contribution in [3.8, 4) is 0 Å². The summed E-state index contributed by atoms with van der Waals surface area (Å²) in [6, 6.07) is 5.59. The molecule has 0 aromatic carbocycles. The number of rotatable bonds is 10. The van der Waals surface area contributed by atoms with Crippen LogP contribution < -0.4 is 10.6 Å². The zero-order valence-corrected chi connectivity index (χ0v) is 19.5. The Bertz CT molecular complexity index is 1180. The SMILES string of the molecule is CNC(=O)c1cn(C[C@H](F)CCc2ccc(NC(=O)Cc3cc(C(C)C(F)(F)F)ccn3)nn2)nn1. The van der Waals surface area contributed by atoms with Gasteiger partial charge < -0.3 is 10.6 Å². The normalized spacial score (nSPS) is 13.2. The Kier molecular flexibility index (Phi) is 8.61. The number of nitrogens with one attached hydrogen (secondary N) is 2. The number of carbonyl (C=O) groups excluding carboxylic acids is 2. The van der Waals surface area contributed by atoms with E-state index in [1.165, 1.54) is 42.3 Å². The van der Waals surface area contributed by atoms with Crippen LogP contribution in [0, 0.1) is 0 Å². The van der Waals surface area contributed by atoms with Crippen molar-refractivity contribution in [3.63, 3.8) is 0 Å². The van der Waals surface area contributed by atoms with Crippen LogP contribution in [0.4, 0.5) is 23.4 Å². The van der Waals surface area contributed by atoms with Gasteiger partial charge in [0.15, 0.2) is 11.5 Å². The van der Waals surface area contributed by atoms with Crippen LogP contribution >= 0.6 is 0 Å². The third-order valence-electron chi connectivity index (χ3n) is 5.26. The van der Waals surface area contributed by atoms with Crippen molar-refractivity contribution in [2.24, 2.45) is 0 Å². The molecule has 10 nitrogen and oxygen atoms in total. The number of pyridine rings is 1. The van der Waals surface area contributed by atoms with E-state index in [4.69, 9.17) is 0 Å². The minimum absolute atomic E-state index is 0.0197. The Balaban J connectivity index is 1.47. The van der Waals surface area contributed by atoms with Gasteiger partial charge >= 0.3 is 6.18 Å². The first-order chi connectivity index (χ1) is 17.0. The van der Waals surface area contributed by atoms with Crippen LogP contribution in [0.15, 0.2) is 36.7 Å². The van der Waals surface area contributed by atoms with Crippen LogP contribution in [-0.4, -0.2) is 61.4 Å². The van der Waals surface area contributed by atoms with Crippen molar-refractivity contribution in [2.45, 2.75) is 51.0 Å². The van der Waals surface area contributed by atoms with E-state index in [9.17, 15) is 27.2 Å². The molecule has 0 bridgehead atoms. The summed E-state index contributed by atoms with van der Waals surface area (Å²) in [5, 5.41) is 20.1. The molecule has 0 saturated carbocycles. The third kappa shape index (κ3) is 7.52. The van der Waals surface area contributed by atoms with Crippen molar-refractivity contribution in [1.82, 2.24) is 35.5 Å². The predicted molar refractivity (Wildman–Crippen MR) is 120 cm³/mol. The Morgan fingerprint density at radius 1 is 1.11 bits per heavy atom. The summed E-state index contributed by atoms with van der Waals surface area (Å²) in [5.41, 5.74) is 0.796. The topological polar surface area (TPSA) is 128 Å². The first-order valence-corrected chi connectivity index (χ1v) is 11.0. The summed E-state index contributed by atoms with van der Waals surface area (Å²) in [6.07, 6.45) is -2.93. The highest BCUT2D eigenvalue weighted by molar-refractivity contribution is 5.91. The number of aromatic nitrogens is 6. The molecule has 2 amide bonds. The minimum atomic E-state index is -4.40. The molecule has 3 aromatic rings. The lowest BCUT2D eigenvalue weighted by Gasteiger charge is -2.16. The molecule has 0 saturated heterocycles. The second kappa shape index (κ2) is 11.6. The number of halogens is 4. The van der Waals surface area contributed by atoms with Gasteiger partial charge in [0, 0.05) is 18.9 Å². The number of hydrogen-bond acceptors (Lipinski definition) is 7. The Labute approximate surface area is 203 Å². The van der Waals surface area contributed by atoms with E-state index in [0.29, 0.717) is 5.69 Å². The molecule has 2 atom stereocenters. The van der Waals surface area contributed by atoms with E-state index in [1.54, 1.807) is 6.07 Å². The second-order valence-electron chi connectivity index (χ2n) is 8.02. The quantitative estimate of drug-likeness (QED) is 0.403. The molecule has 0 aliphatic carbocycles. The summed E-state index contributed by atoms with van der Waals surface area (Å²) in [7, 11) is 1.45. The van der Waals surface area contributed by atoms with Gasteiger partial charge in [0.1, 0.15) is 6.17 Å². The van der Waals surface area contributed by atoms with Gasteiger partial charge in [-0.1, -0.05) is 5.21 Å². The van der Waals surface area contributed by atoms with E-state index in [1.807, 2.05) is 0 Å². The van der Waals surface area contributed by atoms with Gasteiger partial charge in [-0.3, -0.25) is 14.6 Å². The summed E-state index contributed by atoms with van der Waals surface area (Å²) >= 11 is 0. The molecule has 3 aromatic heterocycles. The fraction of sp³-hybridized carbons (Fsp3) is 0.409. The van der Waals surface area contributed by atoms with Gasteiger partial charge in [0.05, 0.1) is 30.8 Å². The van der Waals surface area contributed by atoms with Crippen molar-refractivity contribution in [3.05, 3.63) is 59.3 Å². The molecular weight excluding hydrogens is 484 g/mol. The van der Waals surface area contributed by atoms with E-state index in [0.717, 1.165) is 6.92 Å². The summed E-state index contributed by atoms with van der Waals surface area (Å²) < 4.78 is 54.3. The average molecular weight is 508 g/mol. The lowest BCUT2D eigenvalue weighted by Crippen LogP contribution is -2.19. The molecule has 2 N–H and O–H groups in total. The van der Waals surface area contributed by atoms with Gasteiger partial charge in [0.2, 0.25) is 5.91 Å². The van der Waals surface area contributed by atoms with E-state index >= 15 is 0 Å². The maximum atomic E-state index is 14.3. The highest BCUT2D eigenvalue weighted by atomic mass is 19.4. The first kappa shape index (κ1) is 26.6. The van der Waals surface area contributed by atoms with Crippen molar-refractivity contribution in [2.75, 3.05) is 12.4 Å². The number of alkyl halides is 4. The molecule has 14 heteroatoms. The molecule has 0 spiro atoms. The molecule has 0 aliphatic heterocycles. The van der Waals surface area contributed by atoms with E-state index in [-0.39, 0.29) is 48.6 Å². The van der Waals surface area contributed by atoms with Crippen molar-refractivity contribution in [1.29, 1.82) is 0 Å². The maximum absolute atomic E-state index is 14.3. The predicted octanol–water partition coefficient (Wildman–Crippen LogP) is 2.64. The van der Waals surface area contributed by atoms with Crippen LogP contribution in [0.1, 0.15) is 46.7 Å². The molecule has 0 aliphatic rings. The molecule has 1 unspecified atom stereocenters. The fourth-order valence-electron chi connectivity index (χ4n) is 3.18. The molecule has 0 radical (unpaired) electrons. The number of aryl methyl sites for hydroxylation is 1. The minimum Gasteiger partial charge on any atom is -0.354 e. The number of hydrogen-bond donors (Lipinski definition) is 2. The zero-order valence-electron chi connectivity index (χ0n) is 19.5. The highest BCUT2D eigenvalue weighted by Crippen LogP contribution is 2.34. The molecule has 0 fully saturated rings. The smallest absolute Gasteiger partial charge is 0.354 e. The number of nitrogens with zero attached hydrogens (tertiary/aromatic N) is 6. The number of carbonyl (C=O) groups is 2. The van der Waals surface area contributed by atoms with Crippen molar-refractivity contribution < 1.29 is 27.2 Å². The van der Waals surface area contributed by atoms with Gasteiger partial charge in [-0.15, -0.1) is 10.2 Å². The Morgan fingerprint density at radius 2 is 1.89 bits per heavy atom. The lowest BCUT2D eigenvalue weighted by molar-refractivity contribution is -0.146. The average Bonchev–Trinajstić information content (AvgIpc) is 3.30. The van der Waals surface area contributed by atoms with Crippen LogP contribution in [0.25, 0.3) is 0 Å². The van der Waals surface area contributed by atoms with Gasteiger partial charge in [-0.25, -0.2) is 9.07 Å². The largest absolute Gasteiger partial charge is 0.395 e. The molecular formula is C22H24F4N8O2. The van der Waals surface area contributed by atoms with Crippen LogP contribution in [-0.2, 0) is 24.2 Å². The van der Waals surface area contributed by atoms with Crippen molar-refractivity contribution >= 4 is 17.6 Å². The van der Waals surface area contributed by atoms with E-state index in [2.05, 4.69) is 36.1 Å². The molecule has 3 heterocycles. The van der Waals surface area contributed by atoms with Gasteiger partial charge in [-0.05, 0) is 49.6 Å².